The molecule has 30 heavy (non-hydrogen) atoms. The van der Waals surface area contributed by atoms with Crippen molar-refractivity contribution in [3.8, 4) is 23.0 Å². The molecule has 0 amide bonds. The molecule has 1 aliphatic heterocycles. The minimum absolute atomic E-state index is 0.140. The molecule has 2 aromatic carbocycles. The highest BCUT2D eigenvalue weighted by atomic mass is 16.5. The Labute approximate surface area is 179 Å². The normalized spacial score (nSPS) is 20.5. The summed E-state index contributed by atoms with van der Waals surface area (Å²) in [5.74, 6) is 2.93. The Morgan fingerprint density at radius 2 is 1.77 bits per heavy atom. The van der Waals surface area contributed by atoms with Crippen molar-refractivity contribution >= 4 is 0 Å². The number of ether oxygens (including phenoxy) is 4. The molecule has 0 spiro atoms. The van der Waals surface area contributed by atoms with Gasteiger partial charge in [0.25, 0.3) is 0 Å². The van der Waals surface area contributed by atoms with Gasteiger partial charge in [0.05, 0.1) is 26.9 Å². The number of hydrogen-bond donors (Lipinski definition) is 1. The van der Waals surface area contributed by atoms with Gasteiger partial charge in [-0.2, -0.15) is 0 Å². The fraction of sp³-hybridized carbons (Fsp3) is 0.360. The quantitative estimate of drug-likeness (QED) is 0.693. The zero-order valence-electron chi connectivity index (χ0n) is 18.3. The van der Waals surface area contributed by atoms with Crippen LogP contribution in [0.4, 0.5) is 0 Å². The second-order valence-electron chi connectivity index (χ2n) is 6.90. The van der Waals surface area contributed by atoms with Crippen LogP contribution in [0.15, 0.2) is 67.3 Å². The second-order valence-corrected chi connectivity index (χ2v) is 6.90. The molecule has 1 heterocycles. The van der Waals surface area contributed by atoms with Crippen molar-refractivity contribution in [3.63, 3.8) is 0 Å². The van der Waals surface area contributed by atoms with Crippen LogP contribution in [0.3, 0.4) is 0 Å². The first-order chi connectivity index (χ1) is 14.5. The van der Waals surface area contributed by atoms with Crippen molar-refractivity contribution in [2.45, 2.75) is 37.9 Å². The van der Waals surface area contributed by atoms with Gasteiger partial charge in [-0.3, -0.25) is 0 Å². The summed E-state index contributed by atoms with van der Waals surface area (Å²) < 4.78 is 21.3. The van der Waals surface area contributed by atoms with Crippen LogP contribution in [-0.4, -0.2) is 32.5 Å². The monoisotopic (exact) mass is 412 g/mol. The van der Waals surface area contributed by atoms with Gasteiger partial charge in [-0.25, -0.2) is 0 Å². The summed E-state index contributed by atoms with van der Waals surface area (Å²) >= 11 is 0. The fourth-order valence-electron chi connectivity index (χ4n) is 3.61. The van der Waals surface area contributed by atoms with Gasteiger partial charge in [0, 0.05) is 12.1 Å². The number of allylic oxidation sites excluding steroid dienone is 3. The third kappa shape index (κ3) is 5.36. The highest BCUT2D eigenvalue weighted by molar-refractivity contribution is 5.57. The lowest BCUT2D eigenvalue weighted by atomic mass is 9.91. The molecular formula is C25H32O5. The number of para-hydroxylation sites is 1. The van der Waals surface area contributed by atoms with E-state index in [2.05, 4.69) is 6.58 Å². The molecule has 0 radical (unpaired) electrons. The molecule has 162 valence electrons. The standard InChI is InChI=1S/C13H16O4.C7H8O.C5H8/c1-15-8-6-9(16-2)12-10(7-8)17-11-4-3-5-13(11,12)14;1-8-7-5-3-2-4-6-7;1-3-5-4-2/h6-7,11,14H,3-5H2,1-2H3;2-6H,1H3;3-5H,1H2,2H3/b;;5-4-. The van der Waals surface area contributed by atoms with E-state index in [1.807, 2.05) is 55.5 Å². The summed E-state index contributed by atoms with van der Waals surface area (Å²) in [6.07, 6.45) is 8.03. The molecule has 1 N–H and O–H groups in total. The predicted molar refractivity (Wildman–Crippen MR) is 120 cm³/mol. The van der Waals surface area contributed by atoms with E-state index in [4.69, 9.17) is 18.9 Å². The molecule has 0 saturated heterocycles. The van der Waals surface area contributed by atoms with Crippen molar-refractivity contribution in [3.05, 3.63) is 72.8 Å². The molecule has 2 atom stereocenters. The summed E-state index contributed by atoms with van der Waals surface area (Å²) in [6, 6.07) is 13.3. The molecule has 1 fully saturated rings. The van der Waals surface area contributed by atoms with Crippen LogP contribution in [-0.2, 0) is 5.60 Å². The van der Waals surface area contributed by atoms with Crippen molar-refractivity contribution in [2.24, 2.45) is 0 Å². The smallest absolute Gasteiger partial charge is 0.133 e. The number of fused-ring (bicyclic) bond motifs is 3. The SMILES string of the molecule is C=C/C=C\C.COc1cc(OC)c2c(c1)OC1CCCC21O.COc1ccccc1. The number of aliphatic hydroxyl groups is 1. The predicted octanol–water partition coefficient (Wildman–Crippen LogP) is 5.28. The van der Waals surface area contributed by atoms with Crippen molar-refractivity contribution < 1.29 is 24.1 Å². The Balaban J connectivity index is 0.000000205. The number of methoxy groups -OCH3 is 3. The molecule has 4 rings (SSSR count). The highest BCUT2D eigenvalue weighted by Gasteiger charge is 2.52. The summed E-state index contributed by atoms with van der Waals surface area (Å²) in [6.45, 7) is 5.42. The Morgan fingerprint density at radius 3 is 2.27 bits per heavy atom. The number of rotatable bonds is 4. The summed E-state index contributed by atoms with van der Waals surface area (Å²) in [5, 5.41) is 10.7. The van der Waals surface area contributed by atoms with Crippen LogP contribution in [0.1, 0.15) is 31.7 Å². The molecule has 0 aromatic heterocycles. The van der Waals surface area contributed by atoms with E-state index < -0.39 is 5.60 Å². The first-order valence-electron chi connectivity index (χ1n) is 10.0. The van der Waals surface area contributed by atoms with Crippen molar-refractivity contribution in [2.75, 3.05) is 21.3 Å². The summed E-state index contributed by atoms with van der Waals surface area (Å²) in [7, 11) is 4.86. The first-order valence-corrected chi connectivity index (χ1v) is 10.0. The van der Waals surface area contributed by atoms with E-state index in [-0.39, 0.29) is 6.10 Å². The van der Waals surface area contributed by atoms with E-state index >= 15 is 0 Å². The molecule has 1 aliphatic carbocycles. The van der Waals surface area contributed by atoms with Crippen LogP contribution in [0.25, 0.3) is 0 Å². The van der Waals surface area contributed by atoms with Gasteiger partial charge in [0.15, 0.2) is 0 Å². The number of benzene rings is 2. The average Bonchev–Trinajstić information content (AvgIpc) is 3.28. The molecule has 2 aromatic rings. The van der Waals surface area contributed by atoms with Crippen LogP contribution >= 0.6 is 0 Å². The largest absolute Gasteiger partial charge is 0.497 e. The van der Waals surface area contributed by atoms with Gasteiger partial charge in [0.1, 0.15) is 34.7 Å². The van der Waals surface area contributed by atoms with Gasteiger partial charge in [-0.05, 0) is 38.3 Å². The van der Waals surface area contributed by atoms with Crippen LogP contribution < -0.4 is 18.9 Å². The van der Waals surface area contributed by atoms with E-state index in [0.717, 1.165) is 30.6 Å². The van der Waals surface area contributed by atoms with Gasteiger partial charge in [0.2, 0.25) is 0 Å². The van der Waals surface area contributed by atoms with E-state index in [1.165, 1.54) is 0 Å². The minimum Gasteiger partial charge on any atom is -0.497 e. The maximum absolute atomic E-state index is 10.7. The van der Waals surface area contributed by atoms with Gasteiger partial charge >= 0.3 is 0 Å². The van der Waals surface area contributed by atoms with Crippen molar-refractivity contribution in [1.29, 1.82) is 0 Å². The topological polar surface area (TPSA) is 57.2 Å². The third-order valence-electron chi connectivity index (χ3n) is 5.06. The Morgan fingerprint density at radius 1 is 1.07 bits per heavy atom. The van der Waals surface area contributed by atoms with Gasteiger partial charge < -0.3 is 24.1 Å². The van der Waals surface area contributed by atoms with Gasteiger partial charge in [-0.15, -0.1) is 0 Å². The van der Waals surface area contributed by atoms with E-state index in [9.17, 15) is 5.11 Å². The maximum atomic E-state index is 10.7. The lowest BCUT2D eigenvalue weighted by Gasteiger charge is -2.22. The maximum Gasteiger partial charge on any atom is 0.133 e. The molecule has 0 bridgehead atoms. The molecule has 5 heteroatoms. The average molecular weight is 413 g/mol. The zero-order chi connectivity index (χ0) is 22.0. The molecular weight excluding hydrogens is 380 g/mol. The summed E-state index contributed by atoms with van der Waals surface area (Å²) in [4.78, 5) is 0. The van der Waals surface area contributed by atoms with Gasteiger partial charge in [-0.1, -0.05) is 43.0 Å². The first kappa shape index (κ1) is 23.4. The summed E-state index contributed by atoms with van der Waals surface area (Å²) in [5.41, 5.74) is -0.101. The molecule has 2 unspecified atom stereocenters. The minimum atomic E-state index is -0.882. The Kier molecular flexibility index (Phi) is 8.81. The fourth-order valence-corrected chi connectivity index (χ4v) is 3.61. The zero-order valence-corrected chi connectivity index (χ0v) is 18.3. The third-order valence-corrected chi connectivity index (χ3v) is 5.06. The van der Waals surface area contributed by atoms with E-state index in [0.29, 0.717) is 17.2 Å². The lowest BCUT2D eigenvalue weighted by molar-refractivity contribution is -0.0180. The van der Waals surface area contributed by atoms with E-state index in [1.54, 1.807) is 33.5 Å². The second kappa shape index (κ2) is 11.3. The number of hydrogen-bond acceptors (Lipinski definition) is 5. The van der Waals surface area contributed by atoms with Crippen LogP contribution in [0.5, 0.6) is 23.0 Å². The molecule has 2 aliphatic rings. The van der Waals surface area contributed by atoms with Crippen LogP contribution in [0, 0.1) is 0 Å². The van der Waals surface area contributed by atoms with Crippen LogP contribution in [0.2, 0.25) is 0 Å². The molecule has 5 nitrogen and oxygen atoms in total. The van der Waals surface area contributed by atoms with Crippen molar-refractivity contribution in [1.82, 2.24) is 0 Å². The Bertz CT molecular complexity index is 831. The Hall–Kier alpha value is -2.92. The highest BCUT2D eigenvalue weighted by Crippen LogP contribution is 2.54. The molecule has 1 saturated carbocycles. The lowest BCUT2D eigenvalue weighted by Crippen LogP contribution is -2.32.